The number of anilines is 1. The van der Waals surface area contributed by atoms with Crippen LogP contribution in [0, 0.1) is 6.92 Å². The van der Waals surface area contributed by atoms with Gasteiger partial charge in [0.25, 0.3) is 10.0 Å². The summed E-state index contributed by atoms with van der Waals surface area (Å²) in [7, 11) is -2.62. The number of para-hydroxylation sites is 1. The summed E-state index contributed by atoms with van der Waals surface area (Å²) in [6.07, 6.45) is 5.56. The minimum Gasteiger partial charge on any atom is -0.497 e. The minimum atomic E-state index is -4.13. The average molecular weight is 592 g/mol. The van der Waals surface area contributed by atoms with Crippen molar-refractivity contribution in [2.45, 2.75) is 75.9 Å². The lowest BCUT2D eigenvalue weighted by Crippen LogP contribution is -2.54. The topological polar surface area (TPSA) is 96.0 Å². The van der Waals surface area contributed by atoms with Crippen LogP contribution in [0.2, 0.25) is 0 Å². The molecule has 0 spiro atoms. The van der Waals surface area contributed by atoms with Crippen LogP contribution in [0.5, 0.6) is 5.75 Å². The Morgan fingerprint density at radius 3 is 2.19 bits per heavy atom. The molecule has 1 aliphatic rings. The monoisotopic (exact) mass is 591 g/mol. The van der Waals surface area contributed by atoms with E-state index in [2.05, 4.69) is 5.32 Å². The number of nitrogens with one attached hydrogen (secondary N) is 1. The molecule has 1 aliphatic carbocycles. The maximum atomic E-state index is 14.2. The highest BCUT2D eigenvalue weighted by Gasteiger charge is 2.34. The first kappa shape index (κ1) is 31.1. The molecule has 1 N–H and O–H groups in total. The number of nitrogens with zero attached hydrogens (tertiary/aromatic N) is 2. The molecule has 0 aromatic heterocycles. The lowest BCUT2D eigenvalue weighted by molar-refractivity contribution is -0.140. The third kappa shape index (κ3) is 7.50. The number of hydrogen-bond acceptors (Lipinski definition) is 5. The Morgan fingerprint density at radius 2 is 1.57 bits per heavy atom. The van der Waals surface area contributed by atoms with Gasteiger partial charge < -0.3 is 15.0 Å². The third-order valence-electron chi connectivity index (χ3n) is 7.91. The van der Waals surface area contributed by atoms with Gasteiger partial charge in [-0.25, -0.2) is 8.42 Å². The van der Waals surface area contributed by atoms with Crippen LogP contribution in [0.25, 0.3) is 0 Å². The molecule has 1 atom stereocenters. The summed E-state index contributed by atoms with van der Waals surface area (Å²) in [4.78, 5) is 29.5. The molecule has 0 heterocycles. The van der Waals surface area contributed by atoms with E-state index in [1.165, 1.54) is 25.7 Å². The standard InChI is InChI=1S/C33H41N3O5S/c1-4-31(33(38)34-27-15-7-5-8-16-27)35(23-26-14-12-11-13-25(26)2)32(37)24-36(28-17-9-6-10-18-28)42(39,40)30-21-19-29(41-3)20-22-30/h6,9-14,17-22,27,31H,4-5,7-8,15-16,23-24H2,1-3H3,(H,34,38)/t31-/m0/s1. The van der Waals surface area contributed by atoms with Gasteiger partial charge in [-0.15, -0.1) is 0 Å². The predicted molar refractivity (Wildman–Crippen MR) is 165 cm³/mol. The van der Waals surface area contributed by atoms with E-state index in [0.717, 1.165) is 41.1 Å². The fourth-order valence-electron chi connectivity index (χ4n) is 5.43. The zero-order valence-electron chi connectivity index (χ0n) is 24.7. The molecule has 0 bridgehead atoms. The summed E-state index contributed by atoms with van der Waals surface area (Å²) in [5.74, 6) is -0.129. The van der Waals surface area contributed by atoms with Gasteiger partial charge in [-0.1, -0.05) is 68.7 Å². The first-order valence-corrected chi connectivity index (χ1v) is 16.0. The number of methoxy groups -OCH3 is 1. The average Bonchev–Trinajstić information content (AvgIpc) is 3.01. The van der Waals surface area contributed by atoms with Gasteiger partial charge in [0.15, 0.2) is 0 Å². The Morgan fingerprint density at radius 1 is 0.929 bits per heavy atom. The molecule has 2 amide bonds. The zero-order chi connectivity index (χ0) is 30.1. The van der Waals surface area contributed by atoms with Crippen LogP contribution in [-0.2, 0) is 26.2 Å². The van der Waals surface area contributed by atoms with Crippen molar-refractivity contribution in [2.24, 2.45) is 0 Å². The maximum Gasteiger partial charge on any atom is 0.264 e. The first-order chi connectivity index (χ1) is 20.2. The summed E-state index contributed by atoms with van der Waals surface area (Å²) in [5.41, 5.74) is 2.25. The Balaban J connectivity index is 1.69. The van der Waals surface area contributed by atoms with Crippen LogP contribution in [0.15, 0.2) is 83.8 Å². The fraction of sp³-hybridized carbons (Fsp3) is 0.394. The number of aryl methyl sites for hydroxylation is 1. The second kappa shape index (κ2) is 14.4. The second-order valence-electron chi connectivity index (χ2n) is 10.7. The van der Waals surface area contributed by atoms with Crippen LogP contribution in [0.3, 0.4) is 0 Å². The molecule has 0 aliphatic heterocycles. The van der Waals surface area contributed by atoms with Crippen LogP contribution in [0.1, 0.15) is 56.6 Å². The molecule has 0 saturated heterocycles. The van der Waals surface area contributed by atoms with Gasteiger partial charge in [0.2, 0.25) is 11.8 Å². The summed E-state index contributed by atoms with van der Waals surface area (Å²) in [6, 6.07) is 21.7. The van der Waals surface area contributed by atoms with Crippen LogP contribution in [-0.4, -0.2) is 50.9 Å². The van der Waals surface area contributed by atoms with Crippen LogP contribution < -0.4 is 14.4 Å². The molecule has 3 aromatic rings. The van der Waals surface area contributed by atoms with E-state index in [0.29, 0.717) is 17.9 Å². The number of rotatable bonds is 12. The van der Waals surface area contributed by atoms with Gasteiger partial charge in [0.05, 0.1) is 17.7 Å². The molecule has 224 valence electrons. The van der Waals surface area contributed by atoms with Gasteiger partial charge in [-0.05, 0) is 73.7 Å². The van der Waals surface area contributed by atoms with E-state index in [9.17, 15) is 18.0 Å². The number of hydrogen-bond donors (Lipinski definition) is 1. The molecule has 0 unspecified atom stereocenters. The van der Waals surface area contributed by atoms with E-state index in [1.54, 1.807) is 47.4 Å². The number of ether oxygens (including phenoxy) is 1. The van der Waals surface area contributed by atoms with E-state index in [4.69, 9.17) is 4.74 Å². The SMILES string of the molecule is CC[C@@H](C(=O)NC1CCCCC1)N(Cc1ccccc1C)C(=O)CN(c1ccccc1)S(=O)(=O)c1ccc(OC)cc1. The molecule has 0 radical (unpaired) electrons. The Labute approximate surface area is 249 Å². The maximum absolute atomic E-state index is 14.2. The fourth-order valence-corrected chi connectivity index (χ4v) is 6.85. The van der Waals surface area contributed by atoms with Crippen molar-refractivity contribution >= 4 is 27.5 Å². The van der Waals surface area contributed by atoms with Gasteiger partial charge in [0, 0.05) is 12.6 Å². The summed E-state index contributed by atoms with van der Waals surface area (Å²) in [6.45, 7) is 3.57. The number of sulfonamides is 1. The van der Waals surface area contributed by atoms with Crippen molar-refractivity contribution in [2.75, 3.05) is 18.0 Å². The highest BCUT2D eigenvalue weighted by atomic mass is 32.2. The van der Waals surface area contributed by atoms with Gasteiger partial charge in [-0.2, -0.15) is 0 Å². The first-order valence-electron chi connectivity index (χ1n) is 14.6. The number of carbonyl (C=O) groups is 2. The quantitative estimate of drug-likeness (QED) is 0.302. The molecule has 1 fully saturated rings. The van der Waals surface area contributed by atoms with Gasteiger partial charge >= 0.3 is 0 Å². The second-order valence-corrected chi connectivity index (χ2v) is 12.6. The van der Waals surface area contributed by atoms with Crippen LogP contribution in [0.4, 0.5) is 5.69 Å². The molecule has 1 saturated carbocycles. The minimum absolute atomic E-state index is 0.0347. The van der Waals surface area contributed by atoms with Crippen LogP contribution >= 0.6 is 0 Å². The zero-order valence-corrected chi connectivity index (χ0v) is 25.5. The van der Waals surface area contributed by atoms with Crippen molar-refractivity contribution in [3.05, 3.63) is 90.0 Å². The van der Waals surface area contributed by atoms with E-state index < -0.39 is 28.5 Å². The molecule has 42 heavy (non-hydrogen) atoms. The van der Waals surface area contributed by atoms with Gasteiger partial charge in [-0.3, -0.25) is 13.9 Å². The normalized spacial score (nSPS) is 14.5. The lowest BCUT2D eigenvalue weighted by Gasteiger charge is -2.34. The van der Waals surface area contributed by atoms with Crippen molar-refractivity contribution in [1.29, 1.82) is 0 Å². The number of carbonyl (C=O) groups excluding carboxylic acids is 2. The van der Waals surface area contributed by atoms with Crippen molar-refractivity contribution in [1.82, 2.24) is 10.2 Å². The molecule has 9 heteroatoms. The largest absolute Gasteiger partial charge is 0.497 e. The number of benzene rings is 3. The summed E-state index contributed by atoms with van der Waals surface area (Å²) in [5, 5.41) is 3.18. The lowest BCUT2D eigenvalue weighted by atomic mass is 9.95. The number of amides is 2. The summed E-state index contributed by atoms with van der Waals surface area (Å²) < 4.78 is 34.3. The van der Waals surface area contributed by atoms with Crippen molar-refractivity contribution < 1.29 is 22.7 Å². The Hall–Kier alpha value is -3.85. The predicted octanol–water partition coefficient (Wildman–Crippen LogP) is 5.46. The Kier molecular flexibility index (Phi) is 10.6. The van der Waals surface area contributed by atoms with Gasteiger partial charge in [0.1, 0.15) is 18.3 Å². The van der Waals surface area contributed by atoms with E-state index in [-0.39, 0.29) is 23.4 Å². The Bertz CT molecular complexity index is 1440. The third-order valence-corrected chi connectivity index (χ3v) is 9.70. The molecule has 8 nitrogen and oxygen atoms in total. The molecule has 4 rings (SSSR count). The molecular formula is C33H41N3O5S. The van der Waals surface area contributed by atoms with E-state index >= 15 is 0 Å². The highest BCUT2D eigenvalue weighted by Crippen LogP contribution is 2.26. The molecule has 3 aromatic carbocycles. The highest BCUT2D eigenvalue weighted by molar-refractivity contribution is 7.92. The summed E-state index contributed by atoms with van der Waals surface area (Å²) >= 11 is 0. The van der Waals surface area contributed by atoms with Crippen molar-refractivity contribution in [3.8, 4) is 5.75 Å². The van der Waals surface area contributed by atoms with Crippen molar-refractivity contribution in [3.63, 3.8) is 0 Å². The smallest absolute Gasteiger partial charge is 0.264 e. The van der Waals surface area contributed by atoms with E-state index in [1.807, 2.05) is 38.1 Å². The molecular weight excluding hydrogens is 550 g/mol.